The van der Waals surface area contributed by atoms with Gasteiger partial charge in [0.2, 0.25) is 0 Å². The highest BCUT2D eigenvalue weighted by molar-refractivity contribution is 6.99. The first-order valence-electron chi connectivity index (χ1n) is 16.9. The minimum Gasteiger partial charge on any atom is -0.464 e. The van der Waals surface area contributed by atoms with Crippen molar-refractivity contribution in [2.45, 2.75) is 90.8 Å². The summed E-state index contributed by atoms with van der Waals surface area (Å²) in [4.78, 5) is 39.0. The molecular weight excluding hydrogens is 641 g/mol. The van der Waals surface area contributed by atoms with Crippen LogP contribution in [0, 0.1) is 0 Å². The van der Waals surface area contributed by atoms with Gasteiger partial charge in [0, 0.05) is 13.2 Å². The molecule has 0 unspecified atom stereocenters. The van der Waals surface area contributed by atoms with E-state index >= 15 is 0 Å². The highest BCUT2D eigenvalue weighted by atomic mass is 28.4. The fourth-order valence-electron chi connectivity index (χ4n) is 5.49. The lowest BCUT2D eigenvalue weighted by molar-refractivity contribution is -0.193. The molecule has 266 valence electrons. The van der Waals surface area contributed by atoms with Gasteiger partial charge in [0.05, 0.1) is 6.61 Å². The summed E-state index contributed by atoms with van der Waals surface area (Å²) in [5.74, 6) is -2.35. The van der Waals surface area contributed by atoms with Crippen LogP contribution >= 0.6 is 0 Å². The molecule has 0 amide bonds. The summed E-state index contributed by atoms with van der Waals surface area (Å²) in [6, 6.07) is 29.9. The number of unbranched alkanes of at least 4 members (excludes halogenated alkanes) is 1. The van der Waals surface area contributed by atoms with Crippen molar-refractivity contribution >= 4 is 36.6 Å². The lowest BCUT2D eigenvalue weighted by Gasteiger charge is -2.43. The third-order valence-corrected chi connectivity index (χ3v) is 12.7. The predicted molar refractivity (Wildman–Crippen MR) is 191 cm³/mol. The largest absolute Gasteiger partial charge is 0.464 e. The zero-order valence-corrected chi connectivity index (χ0v) is 30.9. The molecule has 2 atom stereocenters. The Morgan fingerprint density at radius 1 is 0.653 bits per heavy atom. The van der Waals surface area contributed by atoms with Crippen LogP contribution in [0.15, 0.2) is 91.0 Å². The molecule has 49 heavy (non-hydrogen) atoms. The number of carbonyl (C=O) groups excluding carboxylic acids is 3. The lowest BCUT2D eigenvalue weighted by atomic mass is 10.1. The topological polar surface area (TPSA) is 107 Å². The van der Waals surface area contributed by atoms with Crippen molar-refractivity contribution in [1.82, 2.24) is 0 Å². The molecule has 0 spiro atoms. The quantitative estimate of drug-likeness (QED) is 0.0712. The molecule has 0 aliphatic carbocycles. The molecule has 0 fully saturated rings. The van der Waals surface area contributed by atoms with Crippen molar-refractivity contribution < 1.29 is 42.5 Å². The summed E-state index contributed by atoms with van der Waals surface area (Å²) in [7, 11) is -2.72. The van der Waals surface area contributed by atoms with E-state index in [1.165, 1.54) is 10.4 Å². The molecule has 0 saturated heterocycles. The second-order valence-electron chi connectivity index (χ2n) is 13.7. The molecule has 3 aromatic rings. The third kappa shape index (κ3) is 11.9. The lowest BCUT2D eigenvalue weighted by Crippen LogP contribution is -2.66. The van der Waals surface area contributed by atoms with Gasteiger partial charge in [-0.2, -0.15) is 0 Å². The molecule has 0 radical (unpaired) electrons. The Balaban J connectivity index is 1.77. The van der Waals surface area contributed by atoms with E-state index < -0.39 is 50.6 Å². The monoisotopic (exact) mass is 692 g/mol. The summed E-state index contributed by atoms with van der Waals surface area (Å²) in [6.07, 6.45) is -1.93. The number of esters is 3. The molecule has 0 saturated carbocycles. The Morgan fingerprint density at radius 2 is 1.16 bits per heavy atom. The molecule has 3 aromatic carbocycles. The highest BCUT2D eigenvalue weighted by Gasteiger charge is 2.50. The summed E-state index contributed by atoms with van der Waals surface area (Å²) >= 11 is 0. The van der Waals surface area contributed by atoms with Gasteiger partial charge < -0.3 is 28.1 Å². The van der Waals surface area contributed by atoms with Crippen LogP contribution in [-0.4, -0.2) is 70.5 Å². The first-order chi connectivity index (χ1) is 23.3. The van der Waals surface area contributed by atoms with Crippen LogP contribution in [0.4, 0.5) is 0 Å². The van der Waals surface area contributed by atoms with Gasteiger partial charge in [0.25, 0.3) is 8.32 Å². The minimum atomic E-state index is -2.72. The van der Waals surface area contributed by atoms with E-state index in [-0.39, 0.29) is 24.9 Å². The molecule has 0 heterocycles. The van der Waals surface area contributed by atoms with E-state index in [0.717, 1.165) is 5.56 Å². The number of hydrogen-bond donors (Lipinski definition) is 0. The van der Waals surface area contributed by atoms with Gasteiger partial charge in [-0.15, -0.1) is 0 Å². The van der Waals surface area contributed by atoms with Crippen LogP contribution in [0.5, 0.6) is 0 Å². The summed E-state index contributed by atoms with van der Waals surface area (Å²) in [6.45, 7) is 13.5. The molecular formula is C39H52O9Si. The maximum atomic E-state index is 13.5. The van der Waals surface area contributed by atoms with Crippen LogP contribution in [0.3, 0.4) is 0 Å². The van der Waals surface area contributed by atoms with Crippen molar-refractivity contribution in [2.24, 2.45) is 0 Å². The summed E-state index contributed by atoms with van der Waals surface area (Å²) in [5, 5.41) is 2.20. The van der Waals surface area contributed by atoms with Crippen LogP contribution < -0.4 is 10.4 Å². The van der Waals surface area contributed by atoms with Crippen LogP contribution in [-0.2, 0) is 49.1 Å². The Hall–Kier alpha value is -3.83. The molecule has 3 rings (SSSR count). The van der Waals surface area contributed by atoms with E-state index in [2.05, 4.69) is 45.0 Å². The van der Waals surface area contributed by atoms with Gasteiger partial charge in [-0.25, -0.2) is 14.4 Å². The fraction of sp³-hybridized carbons (Fsp3) is 0.462. The molecule has 0 aliphatic heterocycles. The van der Waals surface area contributed by atoms with Gasteiger partial charge in [-0.3, -0.25) is 0 Å². The van der Waals surface area contributed by atoms with Crippen molar-refractivity contribution in [3.63, 3.8) is 0 Å². The Morgan fingerprint density at radius 3 is 1.67 bits per heavy atom. The summed E-state index contributed by atoms with van der Waals surface area (Å²) in [5.41, 5.74) is -0.129. The second-order valence-corrected chi connectivity index (χ2v) is 18.0. The average molecular weight is 693 g/mol. The fourth-order valence-corrected chi connectivity index (χ4v) is 10.1. The second kappa shape index (κ2) is 18.8. The average Bonchev–Trinajstić information content (AvgIpc) is 3.06. The molecule has 0 aromatic heterocycles. The smallest absolute Gasteiger partial charge is 0.339 e. The maximum absolute atomic E-state index is 13.5. The number of hydrogen-bond acceptors (Lipinski definition) is 9. The maximum Gasteiger partial charge on any atom is 0.339 e. The van der Waals surface area contributed by atoms with Gasteiger partial charge in [-0.05, 0) is 61.5 Å². The first kappa shape index (κ1) is 39.6. The van der Waals surface area contributed by atoms with Gasteiger partial charge in [0.15, 0.2) is 12.2 Å². The molecule has 0 aliphatic rings. The predicted octanol–water partition coefficient (Wildman–Crippen LogP) is 5.76. The van der Waals surface area contributed by atoms with E-state index in [9.17, 15) is 14.4 Å². The van der Waals surface area contributed by atoms with Crippen LogP contribution in [0.25, 0.3) is 0 Å². The Bertz CT molecular complexity index is 1390. The zero-order valence-electron chi connectivity index (χ0n) is 29.9. The van der Waals surface area contributed by atoms with E-state index in [1.54, 1.807) is 27.7 Å². The number of benzene rings is 3. The van der Waals surface area contributed by atoms with Crippen molar-refractivity contribution in [1.29, 1.82) is 0 Å². The third-order valence-electron chi connectivity index (χ3n) is 7.63. The van der Waals surface area contributed by atoms with Gasteiger partial charge >= 0.3 is 17.9 Å². The number of rotatable bonds is 18. The van der Waals surface area contributed by atoms with Crippen molar-refractivity contribution in [3.8, 4) is 0 Å². The molecule has 0 N–H and O–H groups in total. The van der Waals surface area contributed by atoms with E-state index in [1.807, 2.05) is 66.7 Å². The molecule has 9 nitrogen and oxygen atoms in total. The number of carbonyl (C=O) groups is 3. The Kier molecular flexibility index (Phi) is 15.2. The highest BCUT2D eigenvalue weighted by Crippen LogP contribution is 2.36. The Labute approximate surface area is 292 Å². The molecule has 10 heteroatoms. The van der Waals surface area contributed by atoms with Crippen molar-refractivity contribution in [2.75, 3.05) is 26.4 Å². The van der Waals surface area contributed by atoms with Crippen molar-refractivity contribution in [3.05, 3.63) is 96.6 Å². The van der Waals surface area contributed by atoms with Gasteiger partial charge in [0.1, 0.15) is 18.8 Å². The first-order valence-corrected chi connectivity index (χ1v) is 18.8. The normalized spacial score (nSPS) is 13.3. The van der Waals surface area contributed by atoms with E-state index in [4.69, 9.17) is 28.1 Å². The SMILES string of the molecule is CCOC(=O)CO[C@@H](C(=O)OC(C)(C)C)[C@@H](OCCCCO[Si](c1ccccc1)(c1ccccc1)C(C)(C)C)C(=O)OCc1ccccc1. The zero-order chi connectivity index (χ0) is 35.9. The standard InChI is InChI=1S/C39H52O9Si/c1-8-43-33(40)29-45-35(37(42)48-38(2,3)4)34(36(41)46-28-30-20-12-9-13-21-30)44-26-18-19-27-47-49(39(5,6)7,31-22-14-10-15-23-31)32-24-16-11-17-25-32/h9-17,20-25,34-35H,8,18-19,26-29H2,1-7H3/t34-,35-/m1/s1. The van der Waals surface area contributed by atoms with E-state index in [0.29, 0.717) is 19.4 Å². The van der Waals surface area contributed by atoms with Crippen LogP contribution in [0.1, 0.15) is 66.9 Å². The minimum absolute atomic E-state index is 0.0369. The van der Waals surface area contributed by atoms with Crippen LogP contribution in [0.2, 0.25) is 5.04 Å². The number of ether oxygens (including phenoxy) is 5. The summed E-state index contributed by atoms with van der Waals surface area (Å²) < 4.78 is 34.8. The molecule has 0 bridgehead atoms. The van der Waals surface area contributed by atoms with Gasteiger partial charge in [-0.1, -0.05) is 112 Å².